The maximum absolute atomic E-state index is 13.6. The third kappa shape index (κ3) is 2.92. The van der Waals surface area contributed by atoms with Crippen molar-refractivity contribution in [2.75, 3.05) is 11.4 Å². The highest BCUT2D eigenvalue weighted by Gasteiger charge is 2.28. The SMILES string of the molecule is Cc1ccc(S(=O)(=O)n2c(C)c(N3CCc4ccccc4C3)c3ccccc32)cc1. The van der Waals surface area contributed by atoms with Gasteiger partial charge in [0.25, 0.3) is 10.0 Å². The van der Waals surface area contributed by atoms with Gasteiger partial charge in [-0.15, -0.1) is 0 Å². The normalized spacial score (nSPS) is 14.1. The van der Waals surface area contributed by atoms with Crippen LogP contribution in [0.1, 0.15) is 22.4 Å². The first kappa shape index (κ1) is 18.9. The van der Waals surface area contributed by atoms with E-state index >= 15 is 0 Å². The molecule has 4 nitrogen and oxygen atoms in total. The lowest BCUT2D eigenvalue weighted by molar-refractivity contribution is 0.588. The minimum absolute atomic E-state index is 0.312. The van der Waals surface area contributed by atoms with Crippen LogP contribution in [0.4, 0.5) is 5.69 Å². The van der Waals surface area contributed by atoms with Crippen LogP contribution in [-0.4, -0.2) is 18.9 Å². The second kappa shape index (κ2) is 7.03. The van der Waals surface area contributed by atoms with Crippen molar-refractivity contribution < 1.29 is 8.42 Å². The number of nitrogens with zero attached hydrogens (tertiary/aromatic N) is 2. The van der Waals surface area contributed by atoms with E-state index in [0.29, 0.717) is 4.90 Å². The molecule has 5 rings (SSSR count). The van der Waals surface area contributed by atoms with Crippen LogP contribution in [0.2, 0.25) is 0 Å². The number of hydrogen-bond donors (Lipinski definition) is 0. The van der Waals surface area contributed by atoms with E-state index in [9.17, 15) is 8.42 Å². The molecule has 5 heteroatoms. The fourth-order valence-electron chi connectivity index (χ4n) is 4.53. The molecule has 0 unspecified atom stereocenters. The summed E-state index contributed by atoms with van der Waals surface area (Å²) in [4.78, 5) is 2.63. The van der Waals surface area contributed by atoms with E-state index in [1.54, 1.807) is 12.1 Å². The Hall–Kier alpha value is -3.05. The Morgan fingerprint density at radius 1 is 0.800 bits per heavy atom. The zero-order valence-electron chi connectivity index (χ0n) is 17.2. The summed E-state index contributed by atoms with van der Waals surface area (Å²) in [6, 6.07) is 23.4. The zero-order valence-corrected chi connectivity index (χ0v) is 18.0. The molecule has 1 aromatic heterocycles. The number of fused-ring (bicyclic) bond motifs is 2. The fourth-order valence-corrected chi connectivity index (χ4v) is 6.09. The van der Waals surface area contributed by atoms with E-state index < -0.39 is 10.0 Å². The highest BCUT2D eigenvalue weighted by Crippen LogP contribution is 2.38. The fraction of sp³-hybridized carbons (Fsp3) is 0.200. The number of rotatable bonds is 3. The summed E-state index contributed by atoms with van der Waals surface area (Å²) < 4.78 is 28.8. The predicted molar refractivity (Wildman–Crippen MR) is 122 cm³/mol. The highest BCUT2D eigenvalue weighted by atomic mass is 32.2. The highest BCUT2D eigenvalue weighted by molar-refractivity contribution is 7.90. The smallest absolute Gasteiger partial charge is 0.268 e. The van der Waals surface area contributed by atoms with Gasteiger partial charge in [-0.25, -0.2) is 12.4 Å². The molecular weight excluding hydrogens is 392 g/mol. The van der Waals surface area contributed by atoms with Crippen molar-refractivity contribution >= 4 is 26.6 Å². The van der Waals surface area contributed by atoms with Crippen molar-refractivity contribution in [1.82, 2.24) is 3.97 Å². The summed E-state index contributed by atoms with van der Waals surface area (Å²) in [6.45, 7) is 5.53. The van der Waals surface area contributed by atoms with Gasteiger partial charge in [0.05, 0.1) is 21.8 Å². The van der Waals surface area contributed by atoms with Crippen LogP contribution in [0.3, 0.4) is 0 Å². The Balaban J connectivity index is 1.69. The van der Waals surface area contributed by atoms with Crippen molar-refractivity contribution in [1.29, 1.82) is 0 Å². The summed E-state index contributed by atoms with van der Waals surface area (Å²) in [5.74, 6) is 0. The number of para-hydroxylation sites is 1. The monoisotopic (exact) mass is 416 g/mol. The van der Waals surface area contributed by atoms with E-state index in [1.807, 2.05) is 50.2 Å². The van der Waals surface area contributed by atoms with E-state index in [-0.39, 0.29) is 0 Å². The third-order valence-electron chi connectivity index (χ3n) is 6.03. The van der Waals surface area contributed by atoms with Crippen LogP contribution in [-0.2, 0) is 23.0 Å². The number of benzene rings is 3. The second-order valence-corrected chi connectivity index (χ2v) is 9.76. The molecule has 152 valence electrons. The lowest BCUT2D eigenvalue weighted by Crippen LogP contribution is -2.30. The van der Waals surface area contributed by atoms with Gasteiger partial charge in [0.15, 0.2) is 0 Å². The maximum atomic E-state index is 13.6. The molecule has 0 fully saturated rings. The lowest BCUT2D eigenvalue weighted by Gasteiger charge is -2.31. The van der Waals surface area contributed by atoms with Crippen LogP contribution >= 0.6 is 0 Å². The van der Waals surface area contributed by atoms with Crippen LogP contribution in [0, 0.1) is 13.8 Å². The molecule has 4 aromatic rings. The molecule has 0 radical (unpaired) electrons. The van der Waals surface area contributed by atoms with Crippen molar-refractivity contribution in [3.8, 4) is 0 Å². The Bertz CT molecular complexity index is 1350. The Morgan fingerprint density at radius 2 is 1.47 bits per heavy atom. The Kier molecular flexibility index (Phi) is 4.44. The van der Waals surface area contributed by atoms with E-state index in [1.165, 1.54) is 15.1 Å². The van der Waals surface area contributed by atoms with Gasteiger partial charge < -0.3 is 4.90 Å². The summed E-state index contributed by atoms with van der Waals surface area (Å²) in [5.41, 5.74) is 6.22. The van der Waals surface area contributed by atoms with Gasteiger partial charge in [-0.3, -0.25) is 0 Å². The molecule has 0 N–H and O–H groups in total. The second-order valence-electron chi connectivity index (χ2n) is 7.97. The standard InChI is InChI=1S/C25H24N2O2S/c1-18-11-13-22(14-12-18)30(28,29)27-19(2)25(23-9-5-6-10-24(23)27)26-16-15-20-7-3-4-8-21(20)17-26/h3-14H,15-17H2,1-2H3. The number of hydrogen-bond acceptors (Lipinski definition) is 3. The minimum atomic E-state index is -3.70. The van der Waals surface area contributed by atoms with E-state index in [2.05, 4.69) is 29.2 Å². The van der Waals surface area contributed by atoms with E-state index in [0.717, 1.165) is 47.4 Å². The minimum Gasteiger partial charge on any atom is -0.365 e. The molecule has 0 saturated carbocycles. The van der Waals surface area contributed by atoms with Crippen molar-refractivity contribution in [2.24, 2.45) is 0 Å². The summed E-state index contributed by atoms with van der Waals surface area (Å²) >= 11 is 0. The quantitative estimate of drug-likeness (QED) is 0.469. The molecule has 3 aromatic carbocycles. The largest absolute Gasteiger partial charge is 0.365 e. The van der Waals surface area contributed by atoms with Crippen LogP contribution in [0.5, 0.6) is 0 Å². The first-order valence-electron chi connectivity index (χ1n) is 10.2. The van der Waals surface area contributed by atoms with Gasteiger partial charge in [0.2, 0.25) is 0 Å². The topological polar surface area (TPSA) is 42.3 Å². The molecule has 0 aliphatic carbocycles. The first-order valence-corrected chi connectivity index (χ1v) is 11.6. The number of aromatic nitrogens is 1. The molecule has 1 aliphatic heterocycles. The summed E-state index contributed by atoms with van der Waals surface area (Å²) in [7, 11) is -3.70. The number of anilines is 1. The molecule has 0 saturated heterocycles. The van der Waals surface area contributed by atoms with Crippen LogP contribution in [0.15, 0.2) is 77.7 Å². The Morgan fingerprint density at radius 3 is 2.23 bits per heavy atom. The molecular formula is C25H24N2O2S. The van der Waals surface area contributed by atoms with Gasteiger partial charge in [-0.1, -0.05) is 60.2 Å². The molecule has 0 bridgehead atoms. The molecule has 1 aliphatic rings. The average molecular weight is 417 g/mol. The molecule has 0 amide bonds. The van der Waals surface area contributed by atoms with E-state index in [4.69, 9.17) is 0 Å². The first-order chi connectivity index (χ1) is 14.5. The van der Waals surface area contributed by atoms with Crippen molar-refractivity contribution in [2.45, 2.75) is 31.7 Å². The summed E-state index contributed by atoms with van der Waals surface area (Å²) in [5, 5.41) is 0.977. The molecule has 0 atom stereocenters. The zero-order chi connectivity index (χ0) is 20.9. The third-order valence-corrected chi connectivity index (χ3v) is 7.85. The van der Waals surface area contributed by atoms with Crippen LogP contribution in [0.25, 0.3) is 10.9 Å². The molecule has 2 heterocycles. The molecule has 0 spiro atoms. The van der Waals surface area contributed by atoms with Gasteiger partial charge in [-0.05, 0) is 49.6 Å². The van der Waals surface area contributed by atoms with Crippen molar-refractivity contribution in [3.63, 3.8) is 0 Å². The van der Waals surface area contributed by atoms with Crippen molar-refractivity contribution in [3.05, 3.63) is 95.2 Å². The summed E-state index contributed by atoms with van der Waals surface area (Å²) in [6.07, 6.45) is 0.958. The Labute approximate surface area is 177 Å². The maximum Gasteiger partial charge on any atom is 0.268 e. The van der Waals surface area contributed by atoms with Gasteiger partial charge in [-0.2, -0.15) is 0 Å². The average Bonchev–Trinajstić information content (AvgIpc) is 3.06. The lowest BCUT2D eigenvalue weighted by atomic mass is 9.99. The van der Waals surface area contributed by atoms with Gasteiger partial charge in [0.1, 0.15) is 0 Å². The predicted octanol–water partition coefficient (Wildman–Crippen LogP) is 5.06. The van der Waals surface area contributed by atoms with Gasteiger partial charge in [0, 0.05) is 18.5 Å². The number of aryl methyl sites for hydroxylation is 1. The molecule has 30 heavy (non-hydrogen) atoms. The van der Waals surface area contributed by atoms with Crippen LogP contribution < -0.4 is 4.90 Å². The van der Waals surface area contributed by atoms with Gasteiger partial charge >= 0.3 is 0 Å².